The summed E-state index contributed by atoms with van der Waals surface area (Å²) in [6.07, 6.45) is 0. The van der Waals surface area contributed by atoms with E-state index in [1.54, 1.807) is 26.8 Å². The average Bonchev–Trinajstić information content (AvgIpc) is 2.85. The van der Waals surface area contributed by atoms with Crippen LogP contribution in [0.1, 0.15) is 37.1 Å². The van der Waals surface area contributed by atoms with Gasteiger partial charge in [0.15, 0.2) is 11.3 Å². The third kappa shape index (κ3) is 3.86. The van der Waals surface area contributed by atoms with Crippen molar-refractivity contribution in [3.63, 3.8) is 0 Å². The fraction of sp³-hybridized carbons (Fsp3) is 0.316. The van der Waals surface area contributed by atoms with Crippen LogP contribution in [0, 0.1) is 12.7 Å². The van der Waals surface area contributed by atoms with Crippen LogP contribution in [-0.2, 0) is 11.3 Å². The molecule has 0 bridgehead atoms. The number of imidazole rings is 1. The number of hydrogen-bond acceptors (Lipinski definition) is 5. The van der Waals surface area contributed by atoms with Gasteiger partial charge in [-0.25, -0.2) is 23.7 Å². The maximum absolute atomic E-state index is 14.5. The van der Waals surface area contributed by atoms with Crippen LogP contribution in [0.15, 0.2) is 29.1 Å². The van der Waals surface area contributed by atoms with Gasteiger partial charge in [-0.2, -0.15) is 0 Å². The van der Waals surface area contributed by atoms with Crippen molar-refractivity contribution >= 4 is 23.0 Å². The van der Waals surface area contributed by atoms with Gasteiger partial charge in [-0.3, -0.25) is 14.2 Å². The maximum atomic E-state index is 14.5. The fourth-order valence-corrected chi connectivity index (χ4v) is 3.03. The molecular formula is C19H21FN6O3. The van der Waals surface area contributed by atoms with Crippen molar-refractivity contribution in [2.75, 3.05) is 0 Å². The molecule has 2 aromatic heterocycles. The Bertz CT molecular complexity index is 1190. The van der Waals surface area contributed by atoms with Gasteiger partial charge in [-0.15, -0.1) is 0 Å². The highest BCUT2D eigenvalue weighted by atomic mass is 19.1. The van der Waals surface area contributed by atoms with Gasteiger partial charge in [0.2, 0.25) is 5.91 Å². The van der Waals surface area contributed by atoms with Crippen LogP contribution < -0.4 is 16.7 Å². The topological polar surface area (TPSA) is 125 Å². The monoisotopic (exact) mass is 400 g/mol. The molecule has 3 N–H and O–H groups in total. The van der Waals surface area contributed by atoms with Crippen molar-refractivity contribution in [1.29, 1.82) is 0 Å². The Morgan fingerprint density at radius 3 is 2.45 bits per heavy atom. The molecule has 9 nitrogen and oxygen atoms in total. The molecule has 0 unspecified atom stereocenters. The molecule has 0 aliphatic rings. The molecule has 0 aliphatic heterocycles. The van der Waals surface area contributed by atoms with E-state index in [1.165, 1.54) is 25.1 Å². The van der Waals surface area contributed by atoms with Crippen molar-refractivity contribution in [3.8, 4) is 5.69 Å². The van der Waals surface area contributed by atoms with Crippen molar-refractivity contribution in [2.45, 2.75) is 39.8 Å². The first-order chi connectivity index (χ1) is 13.5. The summed E-state index contributed by atoms with van der Waals surface area (Å²) in [5.41, 5.74) is 3.85. The van der Waals surface area contributed by atoms with E-state index in [1.807, 2.05) is 0 Å². The summed E-state index contributed by atoms with van der Waals surface area (Å²) in [6, 6.07) is 5.63. The second kappa shape index (κ2) is 7.12. The second-order valence-electron chi connectivity index (χ2n) is 7.61. The number of halogens is 1. The van der Waals surface area contributed by atoms with E-state index in [0.29, 0.717) is 0 Å². The van der Waals surface area contributed by atoms with E-state index in [-0.39, 0.29) is 28.4 Å². The van der Waals surface area contributed by atoms with Crippen molar-refractivity contribution < 1.29 is 14.0 Å². The highest BCUT2D eigenvalue weighted by Gasteiger charge is 2.26. The average molecular weight is 400 g/mol. The number of carbonyl (C=O) groups excluding carboxylic acids is 2. The minimum Gasteiger partial charge on any atom is -0.364 e. The first kappa shape index (κ1) is 20.2. The lowest BCUT2D eigenvalue weighted by Gasteiger charge is -2.20. The summed E-state index contributed by atoms with van der Waals surface area (Å²) in [5.74, 6) is -1.85. The number of rotatable bonds is 4. The Hall–Kier alpha value is -3.56. The molecule has 0 spiro atoms. The number of carbonyl (C=O) groups is 2. The van der Waals surface area contributed by atoms with Crippen molar-refractivity contribution in [2.24, 2.45) is 5.73 Å². The molecule has 0 saturated carbocycles. The highest BCUT2D eigenvalue weighted by molar-refractivity contribution is 6.02. The number of aromatic nitrogens is 4. The minimum atomic E-state index is -0.892. The number of para-hydroxylation sites is 1. The minimum absolute atomic E-state index is 0.00930. The molecule has 0 atom stereocenters. The second-order valence-corrected chi connectivity index (χ2v) is 7.61. The molecule has 2 amide bonds. The van der Waals surface area contributed by atoms with Gasteiger partial charge >= 0.3 is 5.69 Å². The lowest BCUT2D eigenvalue weighted by molar-refractivity contribution is -0.123. The summed E-state index contributed by atoms with van der Waals surface area (Å²) in [4.78, 5) is 45.9. The maximum Gasteiger partial charge on any atom is 0.335 e. The Morgan fingerprint density at radius 2 is 1.86 bits per heavy atom. The Morgan fingerprint density at radius 1 is 1.21 bits per heavy atom. The van der Waals surface area contributed by atoms with Crippen LogP contribution in [0.3, 0.4) is 0 Å². The molecule has 152 valence electrons. The predicted octanol–water partition coefficient (Wildman–Crippen LogP) is 1.04. The first-order valence-corrected chi connectivity index (χ1v) is 8.85. The van der Waals surface area contributed by atoms with E-state index >= 15 is 0 Å². The number of nitrogens with two attached hydrogens (primary N) is 1. The zero-order chi connectivity index (χ0) is 21.5. The van der Waals surface area contributed by atoms with Gasteiger partial charge in [-0.1, -0.05) is 12.1 Å². The number of nitrogens with one attached hydrogen (secondary N) is 1. The largest absolute Gasteiger partial charge is 0.364 e. The Labute approximate surface area is 165 Å². The molecule has 3 aromatic rings. The van der Waals surface area contributed by atoms with Gasteiger partial charge in [0.1, 0.15) is 23.7 Å². The summed E-state index contributed by atoms with van der Waals surface area (Å²) in [6.45, 7) is 6.47. The molecule has 3 rings (SSSR count). The van der Waals surface area contributed by atoms with Crippen molar-refractivity contribution in [1.82, 2.24) is 24.4 Å². The van der Waals surface area contributed by atoms with Gasteiger partial charge in [0, 0.05) is 5.54 Å². The smallest absolute Gasteiger partial charge is 0.335 e. The Balaban J connectivity index is 2.35. The molecule has 1 aromatic carbocycles. The molecule has 10 heteroatoms. The number of hydrogen-bond donors (Lipinski definition) is 2. The molecular weight excluding hydrogens is 379 g/mol. The van der Waals surface area contributed by atoms with Crippen molar-refractivity contribution in [3.05, 3.63) is 52.1 Å². The number of aryl methyl sites for hydroxylation is 1. The van der Waals surface area contributed by atoms with E-state index in [4.69, 9.17) is 5.73 Å². The molecule has 0 saturated heterocycles. The third-order valence-electron chi connectivity index (χ3n) is 4.02. The molecule has 2 heterocycles. The van der Waals surface area contributed by atoms with Crippen LogP contribution in [0.4, 0.5) is 4.39 Å². The zero-order valence-electron chi connectivity index (χ0n) is 16.5. The summed E-state index contributed by atoms with van der Waals surface area (Å²) in [5, 5.41) is 2.74. The summed E-state index contributed by atoms with van der Waals surface area (Å²) in [7, 11) is 0. The van der Waals surface area contributed by atoms with E-state index in [9.17, 15) is 18.8 Å². The molecule has 0 fully saturated rings. The number of amides is 2. The van der Waals surface area contributed by atoms with Gasteiger partial charge in [0.05, 0.1) is 5.69 Å². The normalized spacial score (nSPS) is 11.6. The molecule has 0 aliphatic carbocycles. The van der Waals surface area contributed by atoms with Crippen LogP contribution in [0.25, 0.3) is 16.9 Å². The SMILES string of the molecule is Cc1nc(C(N)=O)c2c(n1)n(-c1ccccc1F)c(=O)n2CC(=O)NC(C)(C)C. The lowest BCUT2D eigenvalue weighted by Crippen LogP contribution is -2.43. The van der Waals surface area contributed by atoms with Gasteiger partial charge in [0.25, 0.3) is 5.91 Å². The first-order valence-electron chi connectivity index (χ1n) is 8.85. The van der Waals surface area contributed by atoms with Crippen LogP contribution in [-0.4, -0.2) is 36.5 Å². The Kier molecular flexibility index (Phi) is 4.95. The lowest BCUT2D eigenvalue weighted by atomic mass is 10.1. The predicted molar refractivity (Wildman–Crippen MR) is 104 cm³/mol. The molecule has 29 heavy (non-hydrogen) atoms. The summed E-state index contributed by atoms with van der Waals surface area (Å²) < 4.78 is 16.5. The van der Waals surface area contributed by atoms with E-state index < -0.39 is 35.4 Å². The van der Waals surface area contributed by atoms with Crippen LogP contribution in [0.2, 0.25) is 0 Å². The number of nitrogens with zero attached hydrogens (tertiary/aromatic N) is 4. The van der Waals surface area contributed by atoms with Gasteiger partial charge < -0.3 is 11.1 Å². The van der Waals surface area contributed by atoms with E-state index in [2.05, 4.69) is 15.3 Å². The third-order valence-corrected chi connectivity index (χ3v) is 4.02. The summed E-state index contributed by atoms with van der Waals surface area (Å²) >= 11 is 0. The standard InChI is InChI=1S/C19H21FN6O3/c1-10-22-14(16(21)28)15-17(23-10)26(12-8-6-5-7-11(12)20)18(29)25(15)9-13(27)24-19(2,3)4/h5-8H,9H2,1-4H3,(H2,21,28)(H,24,27). The van der Waals surface area contributed by atoms with Gasteiger partial charge in [-0.05, 0) is 39.8 Å². The zero-order valence-corrected chi connectivity index (χ0v) is 16.5. The van der Waals surface area contributed by atoms with E-state index in [0.717, 1.165) is 9.13 Å². The molecule has 0 radical (unpaired) electrons. The highest BCUT2D eigenvalue weighted by Crippen LogP contribution is 2.21. The quantitative estimate of drug-likeness (QED) is 0.677. The number of primary amides is 1. The number of fused-ring (bicyclic) bond motifs is 1. The van der Waals surface area contributed by atoms with Crippen LogP contribution in [0.5, 0.6) is 0 Å². The number of benzene rings is 1. The fourth-order valence-electron chi connectivity index (χ4n) is 3.03. The van der Waals surface area contributed by atoms with Crippen LogP contribution >= 0.6 is 0 Å².